The topological polar surface area (TPSA) is 72.0 Å². The zero-order valence-electron chi connectivity index (χ0n) is 11.8. The summed E-state index contributed by atoms with van der Waals surface area (Å²) < 4.78 is 0.637. The number of rotatable bonds is 6. The first kappa shape index (κ1) is 16.0. The number of oxime groups is 1. The molecule has 1 aromatic rings. The summed E-state index contributed by atoms with van der Waals surface area (Å²) in [5.74, 6) is 0. The molecule has 0 spiro atoms. The number of β-amino-alcohol motifs (C(OH)–C–C–N with tert-alkyl or cyclic N) is 1. The normalized spacial score (nSPS) is 18.5. The van der Waals surface area contributed by atoms with Crippen molar-refractivity contribution < 1.29 is 14.7 Å². The van der Waals surface area contributed by atoms with E-state index in [1.807, 2.05) is 0 Å². The molecule has 1 aromatic heterocycles. The third kappa shape index (κ3) is 5.49. The highest BCUT2D eigenvalue weighted by Crippen LogP contribution is 2.09. The molecule has 0 radical (unpaired) electrons. The monoisotopic (exact) mass is 313 g/mol. The second-order valence-corrected chi connectivity index (χ2v) is 5.50. The van der Waals surface area contributed by atoms with Crippen molar-refractivity contribution in [1.29, 1.82) is 0 Å². The minimum Gasteiger partial charge on any atom is -0.619 e. The van der Waals surface area contributed by atoms with Gasteiger partial charge in [-0.3, -0.25) is 0 Å². The highest BCUT2D eigenvalue weighted by Gasteiger charge is 2.15. The van der Waals surface area contributed by atoms with E-state index in [-0.39, 0.29) is 11.8 Å². The maximum atomic E-state index is 11.1. The van der Waals surface area contributed by atoms with E-state index in [2.05, 4.69) is 10.1 Å². The lowest BCUT2D eigenvalue weighted by Gasteiger charge is -2.27. The number of halogens is 1. The van der Waals surface area contributed by atoms with E-state index in [0.29, 0.717) is 16.8 Å². The smallest absolute Gasteiger partial charge is 0.190 e. The molecular formula is C14H20ClN3O3. The molecule has 0 bridgehead atoms. The first-order valence-corrected chi connectivity index (χ1v) is 7.48. The highest BCUT2D eigenvalue weighted by molar-refractivity contribution is 6.69. The molecule has 0 aliphatic carbocycles. The van der Waals surface area contributed by atoms with Gasteiger partial charge in [-0.05, 0) is 32.0 Å². The Bertz CT molecular complexity index is 478. The average molecular weight is 314 g/mol. The van der Waals surface area contributed by atoms with Gasteiger partial charge in [-0.2, -0.15) is 4.73 Å². The quantitative estimate of drug-likeness (QED) is 0.369. The Labute approximate surface area is 129 Å². The number of aromatic nitrogens is 1. The molecule has 0 saturated carbocycles. The number of pyridine rings is 1. The van der Waals surface area contributed by atoms with E-state index in [4.69, 9.17) is 16.4 Å². The van der Waals surface area contributed by atoms with Crippen LogP contribution in [0, 0.1) is 5.21 Å². The number of aliphatic hydroxyl groups excluding tert-OH is 1. The zero-order chi connectivity index (χ0) is 15.1. The number of nitrogens with zero attached hydrogens (tertiary/aromatic N) is 3. The Morgan fingerprint density at radius 3 is 2.95 bits per heavy atom. The van der Waals surface area contributed by atoms with Crippen LogP contribution in [0.25, 0.3) is 0 Å². The molecule has 0 aromatic carbocycles. The summed E-state index contributed by atoms with van der Waals surface area (Å²) in [5.41, 5.74) is 0.472. The summed E-state index contributed by atoms with van der Waals surface area (Å²) in [6.45, 7) is 2.71. The first-order valence-electron chi connectivity index (χ1n) is 7.10. The molecule has 2 rings (SSSR count). The third-order valence-corrected chi connectivity index (χ3v) is 3.63. The third-order valence-electron chi connectivity index (χ3n) is 3.34. The van der Waals surface area contributed by atoms with Gasteiger partial charge in [-0.15, -0.1) is 0 Å². The molecule has 0 amide bonds. The molecule has 1 atom stereocenters. The van der Waals surface area contributed by atoms with Gasteiger partial charge in [0.25, 0.3) is 0 Å². The minimum absolute atomic E-state index is 0.0803. The van der Waals surface area contributed by atoms with Gasteiger partial charge < -0.3 is 20.1 Å². The maximum Gasteiger partial charge on any atom is 0.190 e. The average Bonchev–Trinajstić information content (AvgIpc) is 2.48. The van der Waals surface area contributed by atoms with Crippen LogP contribution in [0.3, 0.4) is 0 Å². The van der Waals surface area contributed by atoms with E-state index in [1.165, 1.54) is 31.7 Å². The molecule has 6 nitrogen and oxygen atoms in total. The van der Waals surface area contributed by atoms with Gasteiger partial charge in [0.1, 0.15) is 12.7 Å². The molecule has 0 unspecified atom stereocenters. The maximum absolute atomic E-state index is 11.1. The highest BCUT2D eigenvalue weighted by atomic mass is 35.5. The SMILES string of the molecule is [O-][n+]1cccc(C(Cl)=NOC[C@@H](O)CN2CCCCC2)c1. The van der Waals surface area contributed by atoms with Crippen LogP contribution in [0.2, 0.25) is 0 Å². The second-order valence-electron chi connectivity index (χ2n) is 5.15. The van der Waals surface area contributed by atoms with Gasteiger partial charge in [-0.25, -0.2) is 0 Å². The van der Waals surface area contributed by atoms with Crippen molar-refractivity contribution >= 4 is 16.8 Å². The zero-order valence-corrected chi connectivity index (χ0v) is 12.6. The number of likely N-dealkylation sites (tertiary alicyclic amines) is 1. The fraction of sp³-hybridized carbons (Fsp3) is 0.571. The predicted molar refractivity (Wildman–Crippen MR) is 80.0 cm³/mol. The summed E-state index contributed by atoms with van der Waals surface area (Å²) in [6, 6.07) is 3.24. The fourth-order valence-corrected chi connectivity index (χ4v) is 2.46. The van der Waals surface area contributed by atoms with Crippen LogP contribution in [0.5, 0.6) is 0 Å². The molecular weight excluding hydrogens is 294 g/mol. The fourth-order valence-electron chi connectivity index (χ4n) is 2.30. The Morgan fingerprint density at radius 1 is 1.48 bits per heavy atom. The summed E-state index contributed by atoms with van der Waals surface area (Å²) in [5, 5.41) is 24.8. The van der Waals surface area contributed by atoms with Crippen LogP contribution in [0.15, 0.2) is 29.7 Å². The van der Waals surface area contributed by atoms with Crippen molar-refractivity contribution in [2.75, 3.05) is 26.2 Å². The molecule has 116 valence electrons. The van der Waals surface area contributed by atoms with Crippen molar-refractivity contribution in [3.63, 3.8) is 0 Å². The van der Waals surface area contributed by atoms with Gasteiger partial charge >= 0.3 is 0 Å². The van der Waals surface area contributed by atoms with Crippen molar-refractivity contribution in [3.05, 3.63) is 35.3 Å². The molecule has 1 saturated heterocycles. The van der Waals surface area contributed by atoms with E-state index in [9.17, 15) is 10.3 Å². The van der Waals surface area contributed by atoms with Crippen LogP contribution >= 0.6 is 11.6 Å². The largest absolute Gasteiger partial charge is 0.619 e. The summed E-state index contributed by atoms with van der Waals surface area (Å²) in [7, 11) is 0. The van der Waals surface area contributed by atoms with Crippen molar-refractivity contribution in [3.8, 4) is 0 Å². The van der Waals surface area contributed by atoms with Crippen LogP contribution in [-0.4, -0.2) is 47.5 Å². The Kier molecular flexibility index (Phi) is 6.22. The minimum atomic E-state index is -0.600. The lowest BCUT2D eigenvalue weighted by molar-refractivity contribution is -0.605. The number of hydrogen-bond donors (Lipinski definition) is 1. The van der Waals surface area contributed by atoms with Gasteiger partial charge in [0.15, 0.2) is 17.6 Å². The van der Waals surface area contributed by atoms with Gasteiger partial charge in [0.2, 0.25) is 0 Å². The second kappa shape index (κ2) is 8.17. The van der Waals surface area contributed by atoms with Crippen LogP contribution in [0.4, 0.5) is 0 Å². The van der Waals surface area contributed by atoms with Gasteiger partial charge in [-0.1, -0.05) is 23.2 Å². The molecule has 1 N–H and O–H groups in total. The molecule has 1 aliphatic rings. The predicted octanol–water partition coefficient (Wildman–Crippen LogP) is 1.08. The van der Waals surface area contributed by atoms with Crippen LogP contribution in [0.1, 0.15) is 24.8 Å². The van der Waals surface area contributed by atoms with E-state index in [1.54, 1.807) is 12.1 Å². The Hall–Kier alpha value is -1.37. The Morgan fingerprint density at radius 2 is 2.24 bits per heavy atom. The molecule has 1 fully saturated rings. The molecule has 2 heterocycles. The van der Waals surface area contributed by atoms with Crippen molar-refractivity contribution in [2.24, 2.45) is 5.16 Å². The summed E-state index contributed by atoms with van der Waals surface area (Å²) >= 11 is 5.93. The van der Waals surface area contributed by atoms with E-state index < -0.39 is 6.10 Å². The summed E-state index contributed by atoms with van der Waals surface area (Å²) in [6.07, 6.45) is 5.69. The number of hydrogen-bond acceptors (Lipinski definition) is 5. The van der Waals surface area contributed by atoms with Gasteiger partial charge in [0.05, 0.1) is 5.56 Å². The Balaban J connectivity index is 1.75. The number of piperidine rings is 1. The summed E-state index contributed by atoms with van der Waals surface area (Å²) in [4.78, 5) is 7.28. The first-order chi connectivity index (χ1) is 10.1. The van der Waals surface area contributed by atoms with Crippen molar-refractivity contribution in [1.82, 2.24) is 4.90 Å². The molecule has 1 aliphatic heterocycles. The lowest BCUT2D eigenvalue weighted by atomic mass is 10.1. The molecule has 7 heteroatoms. The van der Waals surface area contributed by atoms with Crippen LogP contribution in [-0.2, 0) is 4.84 Å². The lowest BCUT2D eigenvalue weighted by Crippen LogP contribution is -2.38. The van der Waals surface area contributed by atoms with E-state index >= 15 is 0 Å². The van der Waals surface area contributed by atoms with Crippen molar-refractivity contribution in [2.45, 2.75) is 25.4 Å². The van der Waals surface area contributed by atoms with Gasteiger partial charge in [0, 0.05) is 12.6 Å². The standard InChI is InChI=1S/C14H20ClN3O3/c15-14(12-5-4-8-18(20)9-12)16-21-11-13(19)10-17-6-2-1-3-7-17/h4-5,8-9,13,19H,1-3,6-7,10-11H2/t13-/m0/s1. The van der Waals surface area contributed by atoms with Crippen LogP contribution < -0.4 is 4.73 Å². The van der Waals surface area contributed by atoms with E-state index in [0.717, 1.165) is 13.1 Å². The number of aliphatic hydroxyl groups is 1. The molecule has 21 heavy (non-hydrogen) atoms.